The van der Waals surface area contributed by atoms with Crippen LogP contribution < -0.4 is 10.6 Å². The molecule has 0 aliphatic heterocycles. The van der Waals surface area contributed by atoms with Gasteiger partial charge < -0.3 is 20.3 Å². The zero-order valence-electron chi connectivity index (χ0n) is 13.5. The van der Waals surface area contributed by atoms with Crippen molar-refractivity contribution < 1.29 is 14.3 Å². The Labute approximate surface area is 131 Å². The first-order chi connectivity index (χ1) is 10.5. The molecule has 0 aromatic heterocycles. The van der Waals surface area contributed by atoms with E-state index in [1.54, 1.807) is 18.2 Å². The molecule has 0 saturated heterocycles. The zero-order valence-corrected chi connectivity index (χ0v) is 13.5. The van der Waals surface area contributed by atoms with E-state index in [2.05, 4.69) is 20.3 Å². The van der Waals surface area contributed by atoms with Crippen molar-refractivity contribution in [3.8, 4) is 0 Å². The van der Waals surface area contributed by atoms with E-state index in [0.717, 1.165) is 18.7 Å². The Morgan fingerprint density at radius 3 is 2.68 bits per heavy atom. The van der Waals surface area contributed by atoms with Gasteiger partial charge in [-0.25, -0.2) is 4.79 Å². The van der Waals surface area contributed by atoms with Gasteiger partial charge in [-0.05, 0) is 45.3 Å². The van der Waals surface area contributed by atoms with Crippen LogP contribution in [-0.4, -0.2) is 57.6 Å². The Morgan fingerprint density at radius 2 is 2.00 bits per heavy atom. The van der Waals surface area contributed by atoms with Crippen LogP contribution in [0.3, 0.4) is 0 Å². The molecule has 6 heteroatoms. The number of ether oxygens (including phenoxy) is 1. The molecule has 0 bridgehead atoms. The van der Waals surface area contributed by atoms with Gasteiger partial charge >= 0.3 is 5.97 Å². The highest BCUT2D eigenvalue weighted by molar-refractivity contribution is 5.90. The molecule has 0 heterocycles. The molecule has 0 spiro atoms. The number of esters is 1. The highest BCUT2D eigenvalue weighted by Gasteiger charge is 2.06. The van der Waals surface area contributed by atoms with Gasteiger partial charge in [0.1, 0.15) is 0 Å². The van der Waals surface area contributed by atoms with Crippen LogP contribution in [0.4, 0.5) is 5.69 Å². The van der Waals surface area contributed by atoms with E-state index in [1.807, 2.05) is 20.2 Å². The van der Waals surface area contributed by atoms with Gasteiger partial charge in [-0.2, -0.15) is 0 Å². The van der Waals surface area contributed by atoms with Crippen LogP contribution in [0.1, 0.15) is 23.2 Å². The van der Waals surface area contributed by atoms with Crippen molar-refractivity contribution in [2.75, 3.05) is 46.2 Å². The van der Waals surface area contributed by atoms with Crippen LogP contribution in [0.5, 0.6) is 0 Å². The Balaban J connectivity index is 2.26. The molecule has 0 unspecified atom stereocenters. The number of anilines is 1. The van der Waals surface area contributed by atoms with Crippen LogP contribution in [0.2, 0.25) is 0 Å². The molecular weight excluding hydrogens is 282 g/mol. The van der Waals surface area contributed by atoms with Crippen LogP contribution in [0.25, 0.3) is 0 Å². The van der Waals surface area contributed by atoms with Gasteiger partial charge in [0.15, 0.2) is 0 Å². The van der Waals surface area contributed by atoms with Crippen molar-refractivity contribution >= 4 is 17.6 Å². The standard InChI is InChI=1S/C16H25N3O3/c1-19(2)11-5-9-18-15(20)8-10-17-14-7-4-6-13(12-14)16(21)22-3/h4,6-7,12,17H,5,8-11H2,1-3H3,(H,18,20). The van der Waals surface area contributed by atoms with E-state index in [9.17, 15) is 9.59 Å². The number of hydrogen-bond donors (Lipinski definition) is 2. The van der Waals surface area contributed by atoms with Gasteiger partial charge in [0.2, 0.25) is 5.91 Å². The summed E-state index contributed by atoms with van der Waals surface area (Å²) < 4.78 is 4.67. The number of methoxy groups -OCH3 is 1. The summed E-state index contributed by atoms with van der Waals surface area (Å²) in [6.07, 6.45) is 1.33. The maximum absolute atomic E-state index is 11.7. The first-order valence-corrected chi connectivity index (χ1v) is 7.36. The summed E-state index contributed by atoms with van der Waals surface area (Å²) in [4.78, 5) is 25.2. The summed E-state index contributed by atoms with van der Waals surface area (Å²) in [5.74, 6) is -0.349. The number of hydrogen-bond acceptors (Lipinski definition) is 5. The maximum atomic E-state index is 11.7. The first-order valence-electron chi connectivity index (χ1n) is 7.36. The van der Waals surface area contributed by atoms with E-state index in [0.29, 0.717) is 25.1 Å². The third-order valence-corrected chi connectivity index (χ3v) is 3.07. The van der Waals surface area contributed by atoms with Crippen molar-refractivity contribution in [1.29, 1.82) is 0 Å². The topological polar surface area (TPSA) is 70.7 Å². The third kappa shape index (κ3) is 7.08. The highest BCUT2D eigenvalue weighted by atomic mass is 16.5. The van der Waals surface area contributed by atoms with Crippen LogP contribution in [-0.2, 0) is 9.53 Å². The van der Waals surface area contributed by atoms with Crippen molar-refractivity contribution in [3.05, 3.63) is 29.8 Å². The Bertz CT molecular complexity index is 489. The van der Waals surface area contributed by atoms with Gasteiger partial charge in [0, 0.05) is 25.2 Å². The molecule has 1 aromatic rings. The van der Waals surface area contributed by atoms with Gasteiger partial charge in [-0.15, -0.1) is 0 Å². The number of carbonyl (C=O) groups is 2. The van der Waals surface area contributed by atoms with Crippen LogP contribution in [0, 0.1) is 0 Å². The zero-order chi connectivity index (χ0) is 16.4. The molecule has 6 nitrogen and oxygen atoms in total. The number of rotatable bonds is 9. The highest BCUT2D eigenvalue weighted by Crippen LogP contribution is 2.11. The minimum Gasteiger partial charge on any atom is -0.465 e. The number of amides is 1. The Hall–Kier alpha value is -2.08. The average molecular weight is 307 g/mol. The molecule has 22 heavy (non-hydrogen) atoms. The minimum absolute atomic E-state index is 0.0235. The van der Waals surface area contributed by atoms with E-state index >= 15 is 0 Å². The molecule has 0 aliphatic carbocycles. The van der Waals surface area contributed by atoms with E-state index in [-0.39, 0.29) is 11.9 Å². The maximum Gasteiger partial charge on any atom is 0.337 e. The van der Waals surface area contributed by atoms with Crippen molar-refractivity contribution in [2.24, 2.45) is 0 Å². The summed E-state index contributed by atoms with van der Waals surface area (Å²) >= 11 is 0. The summed E-state index contributed by atoms with van der Waals surface area (Å²) in [6.45, 7) is 2.16. The van der Waals surface area contributed by atoms with Crippen molar-refractivity contribution in [3.63, 3.8) is 0 Å². The van der Waals surface area contributed by atoms with E-state index in [1.165, 1.54) is 7.11 Å². The summed E-state index contributed by atoms with van der Waals surface area (Å²) in [6, 6.07) is 7.02. The second kappa shape index (κ2) is 9.78. The summed E-state index contributed by atoms with van der Waals surface area (Å²) in [5, 5.41) is 6.01. The number of carbonyl (C=O) groups excluding carboxylic acids is 2. The number of nitrogens with one attached hydrogen (secondary N) is 2. The first kappa shape index (κ1) is 18.0. The molecule has 0 aliphatic rings. The predicted octanol–water partition coefficient (Wildman–Crippen LogP) is 1.34. The lowest BCUT2D eigenvalue weighted by Crippen LogP contribution is -2.28. The van der Waals surface area contributed by atoms with Gasteiger partial charge in [0.05, 0.1) is 12.7 Å². The number of nitrogens with zero attached hydrogens (tertiary/aromatic N) is 1. The molecule has 1 rings (SSSR count). The summed E-state index contributed by atoms with van der Waals surface area (Å²) in [5.41, 5.74) is 1.28. The molecule has 0 saturated carbocycles. The third-order valence-electron chi connectivity index (χ3n) is 3.07. The fourth-order valence-corrected chi connectivity index (χ4v) is 1.91. The lowest BCUT2D eigenvalue weighted by molar-refractivity contribution is -0.120. The lowest BCUT2D eigenvalue weighted by atomic mass is 10.2. The molecule has 0 radical (unpaired) electrons. The monoisotopic (exact) mass is 307 g/mol. The van der Waals surface area contributed by atoms with Crippen LogP contribution >= 0.6 is 0 Å². The average Bonchev–Trinajstić information content (AvgIpc) is 2.51. The molecule has 122 valence electrons. The molecular formula is C16H25N3O3. The number of benzene rings is 1. The molecule has 2 N–H and O–H groups in total. The largest absolute Gasteiger partial charge is 0.465 e. The van der Waals surface area contributed by atoms with E-state index in [4.69, 9.17) is 0 Å². The second-order valence-electron chi connectivity index (χ2n) is 5.26. The fraction of sp³-hybridized carbons (Fsp3) is 0.500. The van der Waals surface area contributed by atoms with Crippen molar-refractivity contribution in [1.82, 2.24) is 10.2 Å². The molecule has 1 aromatic carbocycles. The Morgan fingerprint density at radius 1 is 1.23 bits per heavy atom. The van der Waals surface area contributed by atoms with Gasteiger partial charge in [0.25, 0.3) is 0 Å². The Kier molecular flexibility index (Phi) is 7.99. The molecule has 0 atom stereocenters. The minimum atomic E-state index is -0.373. The molecule has 0 fully saturated rings. The van der Waals surface area contributed by atoms with Crippen LogP contribution in [0.15, 0.2) is 24.3 Å². The van der Waals surface area contributed by atoms with Gasteiger partial charge in [-0.1, -0.05) is 6.07 Å². The van der Waals surface area contributed by atoms with E-state index < -0.39 is 0 Å². The normalized spacial score (nSPS) is 10.4. The fourth-order valence-electron chi connectivity index (χ4n) is 1.91. The lowest BCUT2D eigenvalue weighted by Gasteiger charge is -2.10. The van der Waals surface area contributed by atoms with Gasteiger partial charge in [-0.3, -0.25) is 4.79 Å². The smallest absolute Gasteiger partial charge is 0.337 e. The molecule has 1 amide bonds. The quantitative estimate of drug-likeness (QED) is 0.532. The summed E-state index contributed by atoms with van der Waals surface area (Å²) in [7, 11) is 5.37. The SMILES string of the molecule is COC(=O)c1cccc(NCCC(=O)NCCCN(C)C)c1. The predicted molar refractivity (Wildman–Crippen MR) is 87.1 cm³/mol. The second-order valence-corrected chi connectivity index (χ2v) is 5.26. The van der Waals surface area contributed by atoms with Crippen molar-refractivity contribution in [2.45, 2.75) is 12.8 Å².